The van der Waals surface area contributed by atoms with Gasteiger partial charge in [0.15, 0.2) is 8.29 Å². The minimum atomic E-state index is -0.976. The van der Waals surface area contributed by atoms with Crippen molar-refractivity contribution >= 4 is 22.7 Å². The Morgan fingerprint density at radius 1 is 1.64 bits per heavy atom. The Morgan fingerprint density at radius 2 is 2.45 bits per heavy atom. The van der Waals surface area contributed by atoms with Gasteiger partial charge in [0.2, 0.25) is 0 Å². The molecule has 2 rings (SSSR count). The lowest BCUT2D eigenvalue weighted by Gasteiger charge is -2.34. The Bertz CT molecular complexity index is 547. The van der Waals surface area contributed by atoms with E-state index in [-0.39, 0.29) is 18.1 Å². The minimum Gasteiger partial charge on any atom is -0.388 e. The zero-order valence-corrected chi connectivity index (χ0v) is 15.0. The third-order valence-corrected chi connectivity index (χ3v) is 6.21. The standard InChI is InChI=1S/C15H24N3O2PSi/c1-3-5-10-22(21)20-11-12-14(16-8-4-2)13-7-6-9-18(13)15(19)17-12/h4,6-7,9,12,14,16,21H,2-3,5,8,10-11H2,1H3,(H,17,19)/t12-,14-/m0/s1. The molecule has 0 aromatic carbocycles. The molecule has 2 heterocycles. The molecular weight excluding hydrogens is 313 g/mol. The molecule has 2 N–H and O–H groups in total. The average molecular weight is 337 g/mol. The first-order valence-electron chi connectivity index (χ1n) is 7.70. The van der Waals surface area contributed by atoms with Crippen LogP contribution in [0.2, 0.25) is 6.04 Å². The van der Waals surface area contributed by atoms with Crippen LogP contribution in [0.25, 0.3) is 0 Å². The van der Waals surface area contributed by atoms with Crippen LogP contribution in [0, 0.1) is 0 Å². The molecule has 0 spiro atoms. The van der Waals surface area contributed by atoms with Crippen molar-refractivity contribution in [3.05, 3.63) is 36.7 Å². The summed E-state index contributed by atoms with van der Waals surface area (Å²) in [5.74, 6) is 0. The van der Waals surface area contributed by atoms with E-state index in [1.807, 2.05) is 18.2 Å². The summed E-state index contributed by atoms with van der Waals surface area (Å²) in [5, 5.41) is 6.44. The van der Waals surface area contributed by atoms with Crippen molar-refractivity contribution in [3.8, 4) is 0 Å². The largest absolute Gasteiger partial charge is 0.388 e. The van der Waals surface area contributed by atoms with Crippen LogP contribution >= 0.6 is 8.38 Å². The van der Waals surface area contributed by atoms with Crippen LogP contribution in [-0.4, -0.2) is 38.1 Å². The fraction of sp³-hybridized carbons (Fsp3) is 0.533. The lowest BCUT2D eigenvalue weighted by atomic mass is 10.0. The average Bonchev–Trinajstić information content (AvgIpc) is 3.00. The zero-order valence-electron chi connectivity index (χ0n) is 13.0. The molecule has 2 atom stereocenters. The quantitative estimate of drug-likeness (QED) is 0.414. The fourth-order valence-corrected chi connectivity index (χ4v) is 4.53. The van der Waals surface area contributed by atoms with Crippen molar-refractivity contribution in [3.63, 3.8) is 0 Å². The van der Waals surface area contributed by atoms with E-state index in [4.69, 9.17) is 4.43 Å². The van der Waals surface area contributed by atoms with E-state index in [0.29, 0.717) is 13.2 Å². The van der Waals surface area contributed by atoms with Gasteiger partial charge in [-0.15, -0.1) is 15.0 Å². The molecule has 1 aliphatic heterocycles. The number of carbonyl (C=O) groups excluding carboxylic acids is 1. The maximum Gasteiger partial charge on any atom is 0.326 e. The predicted molar refractivity (Wildman–Crippen MR) is 92.8 cm³/mol. The third-order valence-electron chi connectivity index (χ3n) is 3.71. The molecule has 7 heteroatoms. The van der Waals surface area contributed by atoms with E-state index in [1.54, 1.807) is 10.8 Å². The Labute approximate surface area is 135 Å². The van der Waals surface area contributed by atoms with Crippen LogP contribution in [0.15, 0.2) is 31.0 Å². The van der Waals surface area contributed by atoms with Crippen LogP contribution in [0.3, 0.4) is 0 Å². The van der Waals surface area contributed by atoms with Gasteiger partial charge in [0.25, 0.3) is 0 Å². The van der Waals surface area contributed by atoms with Crippen molar-refractivity contribution in [1.82, 2.24) is 15.2 Å². The highest BCUT2D eigenvalue weighted by molar-refractivity contribution is 7.34. The Balaban J connectivity index is 2.03. The zero-order chi connectivity index (χ0) is 15.9. The van der Waals surface area contributed by atoms with Gasteiger partial charge in [-0.05, 0) is 18.2 Å². The van der Waals surface area contributed by atoms with Gasteiger partial charge in [-0.1, -0.05) is 25.8 Å². The molecule has 1 amide bonds. The van der Waals surface area contributed by atoms with Crippen LogP contribution in [-0.2, 0) is 4.43 Å². The SMILES string of the molecule is C=CCN[C@@H]1c2cccn2C(=O)N[C@H]1CO[Si](=P)CCCC. The van der Waals surface area contributed by atoms with Crippen molar-refractivity contribution in [1.29, 1.82) is 0 Å². The normalized spacial score (nSPS) is 20.3. The first kappa shape index (κ1) is 17.3. The van der Waals surface area contributed by atoms with Crippen LogP contribution in [0.4, 0.5) is 4.79 Å². The number of hydrogen-bond donors (Lipinski definition) is 2. The van der Waals surface area contributed by atoms with Gasteiger partial charge < -0.3 is 15.1 Å². The molecule has 5 nitrogen and oxygen atoms in total. The van der Waals surface area contributed by atoms with E-state index in [2.05, 4.69) is 32.5 Å². The monoisotopic (exact) mass is 337 g/mol. The Morgan fingerprint density at radius 3 is 3.18 bits per heavy atom. The first-order chi connectivity index (χ1) is 10.7. The molecule has 1 aromatic heterocycles. The number of rotatable bonds is 9. The highest BCUT2D eigenvalue weighted by Gasteiger charge is 2.33. The number of unbranched alkanes of at least 4 members (excludes halogenated alkanes) is 1. The summed E-state index contributed by atoms with van der Waals surface area (Å²) in [4.78, 5) is 12.1. The number of fused-ring (bicyclic) bond motifs is 1. The molecule has 0 saturated carbocycles. The molecule has 1 aromatic rings. The topological polar surface area (TPSA) is 55.3 Å². The summed E-state index contributed by atoms with van der Waals surface area (Å²) in [6, 6.07) is 4.79. The first-order valence-corrected chi connectivity index (χ1v) is 10.8. The molecule has 0 radical (unpaired) electrons. The van der Waals surface area contributed by atoms with Crippen molar-refractivity contribution in [2.75, 3.05) is 13.2 Å². The van der Waals surface area contributed by atoms with Crippen molar-refractivity contribution in [2.24, 2.45) is 0 Å². The Hall–Kier alpha value is -1.07. The molecule has 0 unspecified atom stereocenters. The molecular formula is C15H24N3O2PSi. The van der Waals surface area contributed by atoms with Gasteiger partial charge in [0.1, 0.15) is 0 Å². The molecule has 1 aliphatic rings. The number of hydrogen-bond acceptors (Lipinski definition) is 3. The number of carbonyl (C=O) groups is 1. The molecule has 120 valence electrons. The second-order valence-corrected chi connectivity index (χ2v) is 8.68. The highest BCUT2D eigenvalue weighted by Crippen LogP contribution is 2.22. The van der Waals surface area contributed by atoms with E-state index in [9.17, 15) is 4.79 Å². The van der Waals surface area contributed by atoms with E-state index >= 15 is 0 Å². The summed E-state index contributed by atoms with van der Waals surface area (Å²) < 4.78 is 7.61. The minimum absolute atomic E-state index is 0.0262. The van der Waals surface area contributed by atoms with Gasteiger partial charge >= 0.3 is 6.03 Å². The van der Waals surface area contributed by atoms with Gasteiger partial charge in [-0.3, -0.25) is 4.57 Å². The smallest absolute Gasteiger partial charge is 0.326 e. The number of amides is 1. The number of nitrogens with one attached hydrogen (secondary N) is 2. The van der Waals surface area contributed by atoms with Gasteiger partial charge in [0, 0.05) is 18.4 Å². The Kier molecular flexibility index (Phi) is 6.70. The summed E-state index contributed by atoms with van der Waals surface area (Å²) in [7, 11) is 2.72. The summed E-state index contributed by atoms with van der Waals surface area (Å²) in [6.45, 7) is 7.11. The number of nitrogens with zero attached hydrogens (tertiary/aromatic N) is 1. The lowest BCUT2D eigenvalue weighted by Crippen LogP contribution is -2.53. The molecule has 0 bridgehead atoms. The predicted octanol–water partition coefficient (Wildman–Crippen LogP) is 2.69. The van der Waals surface area contributed by atoms with Crippen LogP contribution < -0.4 is 10.6 Å². The van der Waals surface area contributed by atoms with Gasteiger partial charge in [0.05, 0.1) is 18.7 Å². The van der Waals surface area contributed by atoms with Crippen LogP contribution in [0.5, 0.6) is 0 Å². The van der Waals surface area contributed by atoms with Crippen molar-refractivity contribution < 1.29 is 9.22 Å². The molecule has 0 fully saturated rings. The maximum atomic E-state index is 12.1. The molecule has 0 aliphatic carbocycles. The summed E-state index contributed by atoms with van der Waals surface area (Å²) in [5.41, 5.74) is 0.968. The highest BCUT2D eigenvalue weighted by atomic mass is 31.1. The molecule has 22 heavy (non-hydrogen) atoms. The van der Waals surface area contributed by atoms with Crippen molar-refractivity contribution in [2.45, 2.75) is 37.9 Å². The summed E-state index contributed by atoms with van der Waals surface area (Å²) >= 11 is 0. The lowest BCUT2D eigenvalue weighted by molar-refractivity contribution is 0.198. The van der Waals surface area contributed by atoms with Gasteiger partial charge in [-0.25, -0.2) is 4.79 Å². The van der Waals surface area contributed by atoms with E-state index < -0.39 is 8.29 Å². The maximum absolute atomic E-state index is 12.1. The van der Waals surface area contributed by atoms with Crippen LogP contribution in [0.1, 0.15) is 31.5 Å². The second kappa shape index (κ2) is 8.53. The fourth-order valence-electron chi connectivity index (χ4n) is 2.55. The molecule has 0 saturated heterocycles. The summed E-state index contributed by atoms with van der Waals surface area (Å²) in [6.07, 6.45) is 5.93. The second-order valence-electron chi connectivity index (χ2n) is 5.37. The van der Waals surface area contributed by atoms with Gasteiger partial charge in [-0.2, -0.15) is 0 Å². The van der Waals surface area contributed by atoms with E-state index in [1.165, 1.54) is 6.42 Å². The third kappa shape index (κ3) is 4.23. The number of aromatic nitrogens is 1. The van der Waals surface area contributed by atoms with E-state index in [0.717, 1.165) is 18.2 Å².